The average molecular weight is 571 g/mol. The van der Waals surface area contributed by atoms with Gasteiger partial charge in [-0.2, -0.15) is 0 Å². The van der Waals surface area contributed by atoms with Gasteiger partial charge < -0.3 is 53.2 Å². The summed E-state index contributed by atoms with van der Waals surface area (Å²) in [6.07, 6.45) is -8.85. The number of ether oxygens (including phenoxy) is 8. The molecule has 6 rings (SSSR count). The first-order valence-electron chi connectivity index (χ1n) is 12.6. The Morgan fingerprint density at radius 3 is 2.34 bits per heavy atom. The Bertz CT molecular complexity index is 1550. The lowest BCUT2D eigenvalue weighted by Crippen LogP contribution is -2.59. The van der Waals surface area contributed by atoms with Crippen LogP contribution in [0.2, 0.25) is 0 Å². The SMILES string of the molecule is COc1cc2c(OC3O[C@H](C)[C@@H](O)[C@H](O)[C@H]3OC(=O)O)c3c(c(-c4ccc5c(c4)OCO5)c2cc1OC)C(=O)OC3. The number of esters is 1. The van der Waals surface area contributed by atoms with Gasteiger partial charge in [-0.15, -0.1) is 0 Å². The van der Waals surface area contributed by atoms with Crippen molar-refractivity contribution in [3.8, 4) is 39.9 Å². The molecule has 0 amide bonds. The highest BCUT2D eigenvalue weighted by atomic mass is 16.7. The van der Waals surface area contributed by atoms with Gasteiger partial charge in [-0.05, 0) is 42.1 Å². The number of carbonyl (C=O) groups is 2. The summed E-state index contributed by atoms with van der Waals surface area (Å²) in [5, 5.41) is 31.2. The van der Waals surface area contributed by atoms with Crippen LogP contribution in [0.15, 0.2) is 30.3 Å². The molecule has 41 heavy (non-hydrogen) atoms. The third-order valence-electron chi connectivity index (χ3n) is 7.33. The average Bonchev–Trinajstić information content (AvgIpc) is 3.59. The van der Waals surface area contributed by atoms with E-state index in [1.807, 2.05) is 0 Å². The molecule has 0 aliphatic carbocycles. The summed E-state index contributed by atoms with van der Waals surface area (Å²) in [4.78, 5) is 24.7. The van der Waals surface area contributed by atoms with E-state index in [9.17, 15) is 24.9 Å². The van der Waals surface area contributed by atoms with Gasteiger partial charge >= 0.3 is 12.1 Å². The van der Waals surface area contributed by atoms with Gasteiger partial charge in [0.25, 0.3) is 0 Å². The van der Waals surface area contributed by atoms with Crippen molar-refractivity contribution in [3.63, 3.8) is 0 Å². The fraction of sp³-hybridized carbons (Fsp3) is 0.357. The van der Waals surface area contributed by atoms with E-state index in [2.05, 4.69) is 0 Å². The van der Waals surface area contributed by atoms with Crippen LogP contribution in [0.25, 0.3) is 21.9 Å². The summed E-state index contributed by atoms with van der Waals surface area (Å²) in [5.41, 5.74) is 1.70. The number of aliphatic hydroxyl groups is 2. The summed E-state index contributed by atoms with van der Waals surface area (Å²) in [7, 11) is 2.93. The minimum absolute atomic E-state index is 0.0669. The van der Waals surface area contributed by atoms with Crippen LogP contribution < -0.4 is 23.7 Å². The van der Waals surface area contributed by atoms with Crippen molar-refractivity contribution >= 4 is 22.9 Å². The second kappa shape index (κ2) is 10.2. The van der Waals surface area contributed by atoms with Crippen LogP contribution in [0.1, 0.15) is 22.8 Å². The summed E-state index contributed by atoms with van der Waals surface area (Å²) in [5.74, 6) is 1.28. The molecule has 0 bridgehead atoms. The monoisotopic (exact) mass is 570 g/mol. The zero-order valence-electron chi connectivity index (χ0n) is 22.1. The molecule has 3 N–H and O–H groups in total. The number of benzene rings is 3. The molecule has 1 unspecified atom stereocenters. The molecule has 13 heteroatoms. The van der Waals surface area contributed by atoms with Gasteiger partial charge in [0.2, 0.25) is 13.1 Å². The zero-order chi connectivity index (χ0) is 29.0. The number of fused-ring (bicyclic) bond motifs is 3. The largest absolute Gasteiger partial charge is 0.506 e. The van der Waals surface area contributed by atoms with E-state index < -0.39 is 42.8 Å². The fourth-order valence-electron chi connectivity index (χ4n) is 5.35. The smallest absolute Gasteiger partial charge is 0.493 e. The van der Waals surface area contributed by atoms with Crippen LogP contribution in [0.5, 0.6) is 28.7 Å². The maximum atomic E-state index is 13.2. The maximum Gasteiger partial charge on any atom is 0.506 e. The number of carbonyl (C=O) groups excluding carboxylic acids is 1. The molecule has 1 saturated heterocycles. The highest BCUT2D eigenvalue weighted by Crippen LogP contribution is 2.49. The van der Waals surface area contributed by atoms with Gasteiger partial charge in [0, 0.05) is 16.5 Å². The molecule has 5 atom stereocenters. The van der Waals surface area contributed by atoms with Crippen molar-refractivity contribution in [1.82, 2.24) is 0 Å². The van der Waals surface area contributed by atoms with Crippen molar-refractivity contribution in [1.29, 1.82) is 0 Å². The van der Waals surface area contributed by atoms with E-state index in [0.29, 0.717) is 50.5 Å². The summed E-state index contributed by atoms with van der Waals surface area (Å²) in [6, 6.07) is 8.60. The molecule has 0 radical (unpaired) electrons. The van der Waals surface area contributed by atoms with Crippen molar-refractivity contribution in [2.24, 2.45) is 0 Å². The van der Waals surface area contributed by atoms with Crippen LogP contribution in [-0.2, 0) is 20.8 Å². The van der Waals surface area contributed by atoms with Crippen LogP contribution in [0.4, 0.5) is 4.79 Å². The quantitative estimate of drug-likeness (QED) is 0.370. The van der Waals surface area contributed by atoms with Crippen LogP contribution in [0, 0.1) is 0 Å². The Morgan fingerprint density at radius 1 is 0.927 bits per heavy atom. The maximum absolute atomic E-state index is 13.2. The minimum Gasteiger partial charge on any atom is -0.493 e. The van der Waals surface area contributed by atoms with Gasteiger partial charge in [0.05, 0.1) is 25.9 Å². The van der Waals surface area contributed by atoms with Gasteiger partial charge in [0.15, 0.2) is 29.1 Å². The standard InChI is InChI=1S/C28H26O13/c1-11-22(29)23(30)25(41-28(32)33)27(39-11)40-24-14-8-18(35-3)17(34-2)7-13(14)20(21-15(24)9-36-26(21)31)12-4-5-16-19(6-12)38-10-37-16/h4-8,11,22-23,25,27,29-30H,9-10H2,1-3H3,(H,32,33)/t11-,22-,23+,25-,27?/m1/s1. The normalized spacial score (nSPS) is 24.5. The van der Waals surface area contributed by atoms with E-state index >= 15 is 0 Å². The van der Waals surface area contributed by atoms with Crippen LogP contribution >= 0.6 is 0 Å². The first-order chi connectivity index (χ1) is 19.7. The lowest BCUT2D eigenvalue weighted by atomic mass is 9.89. The molecule has 3 heterocycles. The summed E-state index contributed by atoms with van der Waals surface area (Å²) >= 11 is 0. The number of hydrogen-bond acceptors (Lipinski definition) is 12. The van der Waals surface area contributed by atoms with E-state index in [0.717, 1.165) is 0 Å². The van der Waals surface area contributed by atoms with E-state index in [1.54, 1.807) is 30.3 Å². The summed E-state index contributed by atoms with van der Waals surface area (Å²) < 4.78 is 44.4. The lowest BCUT2D eigenvalue weighted by molar-refractivity contribution is -0.269. The van der Waals surface area contributed by atoms with Gasteiger partial charge in [-0.1, -0.05) is 6.07 Å². The van der Waals surface area contributed by atoms with Crippen LogP contribution in [-0.4, -0.2) is 79.2 Å². The number of rotatable bonds is 6. The Hall–Kier alpha value is -4.46. The van der Waals surface area contributed by atoms with E-state index in [4.69, 9.17) is 37.9 Å². The Labute approximate surface area is 232 Å². The zero-order valence-corrected chi connectivity index (χ0v) is 22.1. The number of carboxylic acid groups (broad SMARTS) is 1. The minimum atomic E-state index is -1.70. The number of hydrogen-bond donors (Lipinski definition) is 3. The Kier molecular flexibility index (Phi) is 6.64. The second-order valence-electron chi connectivity index (χ2n) is 9.61. The van der Waals surface area contributed by atoms with Crippen molar-refractivity contribution in [3.05, 3.63) is 41.5 Å². The molecule has 3 aliphatic rings. The molecule has 0 spiro atoms. The molecule has 13 nitrogen and oxygen atoms in total. The molecule has 0 aromatic heterocycles. The second-order valence-corrected chi connectivity index (χ2v) is 9.61. The Balaban J connectivity index is 1.59. The third-order valence-corrected chi connectivity index (χ3v) is 7.33. The van der Waals surface area contributed by atoms with Gasteiger partial charge in [-0.25, -0.2) is 9.59 Å². The van der Waals surface area contributed by atoms with E-state index in [-0.39, 0.29) is 24.7 Å². The molecule has 0 saturated carbocycles. The third kappa shape index (κ3) is 4.38. The highest BCUT2D eigenvalue weighted by molar-refractivity contribution is 6.14. The van der Waals surface area contributed by atoms with Gasteiger partial charge in [-0.3, -0.25) is 0 Å². The van der Waals surface area contributed by atoms with Crippen molar-refractivity contribution in [2.45, 2.75) is 44.2 Å². The topological polar surface area (TPSA) is 169 Å². The lowest BCUT2D eigenvalue weighted by Gasteiger charge is -2.40. The molecular weight excluding hydrogens is 544 g/mol. The molecular formula is C28H26O13. The number of aliphatic hydroxyl groups excluding tert-OH is 2. The molecule has 1 fully saturated rings. The number of cyclic esters (lactones) is 1. The molecule has 3 aliphatic heterocycles. The molecule has 3 aromatic carbocycles. The van der Waals surface area contributed by atoms with E-state index in [1.165, 1.54) is 21.1 Å². The summed E-state index contributed by atoms with van der Waals surface area (Å²) in [6.45, 7) is 1.40. The first kappa shape index (κ1) is 26.7. The fourth-order valence-corrected chi connectivity index (χ4v) is 5.35. The Morgan fingerprint density at radius 2 is 1.63 bits per heavy atom. The van der Waals surface area contributed by atoms with Gasteiger partial charge in [0.1, 0.15) is 24.6 Å². The predicted molar refractivity (Wildman–Crippen MR) is 138 cm³/mol. The predicted octanol–water partition coefficient (Wildman–Crippen LogP) is 2.83. The number of methoxy groups -OCH3 is 2. The molecule has 3 aromatic rings. The van der Waals surface area contributed by atoms with Crippen molar-refractivity contribution < 1.29 is 62.8 Å². The van der Waals surface area contributed by atoms with Crippen LogP contribution in [0.3, 0.4) is 0 Å². The highest BCUT2D eigenvalue weighted by Gasteiger charge is 2.47. The molecule has 216 valence electrons. The van der Waals surface area contributed by atoms with Crippen molar-refractivity contribution in [2.75, 3.05) is 21.0 Å². The first-order valence-corrected chi connectivity index (χ1v) is 12.6.